The number of esters is 1. The van der Waals surface area contributed by atoms with Crippen molar-refractivity contribution in [2.24, 2.45) is 0 Å². The van der Waals surface area contributed by atoms with E-state index in [9.17, 15) is 27.6 Å². The van der Waals surface area contributed by atoms with Gasteiger partial charge in [-0.1, -0.05) is 12.1 Å². The number of rotatable bonds is 8. The summed E-state index contributed by atoms with van der Waals surface area (Å²) in [7, 11) is 0. The monoisotopic (exact) mass is 400 g/mol. The van der Waals surface area contributed by atoms with Crippen LogP contribution in [0.25, 0.3) is 0 Å². The van der Waals surface area contributed by atoms with E-state index in [4.69, 9.17) is 4.74 Å². The number of carbonyl (C=O) groups excluding carboxylic acids is 3. The zero-order valence-corrected chi connectivity index (χ0v) is 16.0. The number of hydrogen-bond acceptors (Lipinski definition) is 5. The Morgan fingerprint density at radius 3 is 2.21 bits per heavy atom. The molecule has 0 radical (unpaired) electrons. The standard InChI is InChI=1S/C19H23F3N2O4/c1-12(2)24(13(3)4)17(26)11-28-18(27)14-7-5-6-8-15(14)23-10-9-16(25)19(20,21)22/h5-10,12-13,23H,11H2,1-4H3/b10-9+. The summed E-state index contributed by atoms with van der Waals surface area (Å²) in [4.78, 5) is 37.0. The van der Waals surface area contributed by atoms with Gasteiger partial charge in [0.25, 0.3) is 11.7 Å². The number of anilines is 1. The molecule has 1 aromatic carbocycles. The lowest BCUT2D eigenvalue weighted by Gasteiger charge is -2.30. The molecule has 0 aliphatic heterocycles. The lowest BCUT2D eigenvalue weighted by molar-refractivity contribution is -0.165. The highest BCUT2D eigenvalue weighted by molar-refractivity contribution is 5.97. The molecule has 1 aromatic rings. The van der Waals surface area contributed by atoms with E-state index >= 15 is 0 Å². The number of allylic oxidation sites excluding steroid dienone is 1. The van der Waals surface area contributed by atoms with Gasteiger partial charge in [0, 0.05) is 24.4 Å². The predicted octanol–water partition coefficient (Wildman–Crippen LogP) is 3.55. The van der Waals surface area contributed by atoms with Crippen LogP contribution >= 0.6 is 0 Å². The van der Waals surface area contributed by atoms with E-state index in [0.29, 0.717) is 6.08 Å². The molecule has 0 aliphatic rings. The van der Waals surface area contributed by atoms with Gasteiger partial charge in [-0.25, -0.2) is 4.79 Å². The molecule has 6 nitrogen and oxygen atoms in total. The molecular weight excluding hydrogens is 377 g/mol. The molecule has 0 heterocycles. The molecule has 0 bridgehead atoms. The highest BCUT2D eigenvalue weighted by Gasteiger charge is 2.36. The minimum atomic E-state index is -4.98. The van der Waals surface area contributed by atoms with Gasteiger partial charge in [-0.3, -0.25) is 9.59 Å². The smallest absolute Gasteiger partial charge is 0.452 e. The summed E-state index contributed by atoms with van der Waals surface area (Å²) < 4.78 is 41.6. The first-order chi connectivity index (χ1) is 12.9. The third-order valence-electron chi connectivity index (χ3n) is 3.63. The third-order valence-corrected chi connectivity index (χ3v) is 3.63. The SMILES string of the molecule is CC(C)N(C(=O)COC(=O)c1ccccc1N/C=C/C(=O)C(F)(F)F)C(C)C. The van der Waals surface area contributed by atoms with Gasteiger partial charge in [-0.2, -0.15) is 13.2 Å². The molecule has 0 unspecified atom stereocenters. The van der Waals surface area contributed by atoms with E-state index < -0.39 is 24.5 Å². The first kappa shape index (κ1) is 23.2. The van der Waals surface area contributed by atoms with E-state index in [2.05, 4.69) is 5.32 Å². The van der Waals surface area contributed by atoms with E-state index in [1.807, 2.05) is 27.7 Å². The molecule has 0 fully saturated rings. The van der Waals surface area contributed by atoms with Crippen molar-refractivity contribution >= 4 is 23.3 Å². The van der Waals surface area contributed by atoms with Gasteiger partial charge in [0.15, 0.2) is 6.61 Å². The van der Waals surface area contributed by atoms with Crippen LogP contribution in [0, 0.1) is 0 Å². The van der Waals surface area contributed by atoms with Gasteiger partial charge in [0.1, 0.15) is 0 Å². The molecule has 0 spiro atoms. The summed E-state index contributed by atoms with van der Waals surface area (Å²) in [5.41, 5.74) is 0.149. The maximum absolute atomic E-state index is 12.3. The number of ketones is 1. The minimum Gasteiger partial charge on any atom is -0.452 e. The number of para-hydroxylation sites is 1. The number of carbonyl (C=O) groups is 3. The van der Waals surface area contributed by atoms with Crippen LogP contribution in [-0.2, 0) is 14.3 Å². The Bertz CT molecular complexity index is 735. The molecule has 1 N–H and O–H groups in total. The van der Waals surface area contributed by atoms with Crippen LogP contribution in [0.3, 0.4) is 0 Å². The van der Waals surface area contributed by atoms with Crippen molar-refractivity contribution in [3.05, 3.63) is 42.1 Å². The maximum atomic E-state index is 12.3. The van der Waals surface area contributed by atoms with Gasteiger partial charge < -0.3 is 15.0 Å². The average Bonchev–Trinajstić information content (AvgIpc) is 2.58. The summed E-state index contributed by atoms with van der Waals surface area (Å²) in [5, 5.41) is 2.45. The molecule has 0 saturated carbocycles. The highest BCUT2D eigenvalue weighted by Crippen LogP contribution is 2.18. The van der Waals surface area contributed by atoms with Gasteiger partial charge in [0.05, 0.1) is 11.3 Å². The van der Waals surface area contributed by atoms with Crippen LogP contribution < -0.4 is 5.32 Å². The molecular formula is C19H23F3N2O4. The molecule has 1 rings (SSSR count). The first-order valence-electron chi connectivity index (χ1n) is 8.56. The molecule has 9 heteroatoms. The number of nitrogens with zero attached hydrogens (tertiary/aromatic N) is 1. The Morgan fingerprint density at radius 2 is 1.68 bits per heavy atom. The molecule has 154 valence electrons. The second-order valence-electron chi connectivity index (χ2n) is 6.45. The van der Waals surface area contributed by atoms with Crippen molar-refractivity contribution in [3.8, 4) is 0 Å². The van der Waals surface area contributed by atoms with E-state index in [-0.39, 0.29) is 29.2 Å². The van der Waals surface area contributed by atoms with Gasteiger partial charge in [-0.15, -0.1) is 0 Å². The van der Waals surface area contributed by atoms with Gasteiger partial charge >= 0.3 is 12.1 Å². The lowest BCUT2D eigenvalue weighted by atomic mass is 10.2. The molecule has 0 saturated heterocycles. The second-order valence-corrected chi connectivity index (χ2v) is 6.45. The van der Waals surface area contributed by atoms with E-state index in [1.54, 1.807) is 11.0 Å². The number of amides is 1. The number of benzene rings is 1. The van der Waals surface area contributed by atoms with Crippen LogP contribution in [-0.4, -0.2) is 47.4 Å². The largest absolute Gasteiger partial charge is 0.454 e. The van der Waals surface area contributed by atoms with Crippen molar-refractivity contribution < 1.29 is 32.3 Å². The first-order valence-corrected chi connectivity index (χ1v) is 8.56. The number of hydrogen-bond donors (Lipinski definition) is 1. The quantitative estimate of drug-likeness (QED) is 0.534. The molecule has 28 heavy (non-hydrogen) atoms. The van der Waals surface area contributed by atoms with Crippen molar-refractivity contribution in [1.82, 2.24) is 4.90 Å². The third kappa shape index (κ3) is 6.71. The van der Waals surface area contributed by atoms with Gasteiger partial charge in [-0.05, 0) is 39.8 Å². The van der Waals surface area contributed by atoms with Crippen molar-refractivity contribution in [2.75, 3.05) is 11.9 Å². The number of nitrogens with one attached hydrogen (secondary N) is 1. The average molecular weight is 400 g/mol. The van der Waals surface area contributed by atoms with Crippen LogP contribution in [0.1, 0.15) is 38.1 Å². The Morgan fingerprint density at radius 1 is 1.11 bits per heavy atom. The lowest BCUT2D eigenvalue weighted by Crippen LogP contribution is -2.44. The predicted molar refractivity (Wildman–Crippen MR) is 97.7 cm³/mol. The van der Waals surface area contributed by atoms with Crippen LogP contribution in [0.4, 0.5) is 18.9 Å². The Labute approximate surface area is 161 Å². The summed E-state index contributed by atoms with van der Waals surface area (Å²) >= 11 is 0. The number of halogens is 3. The maximum Gasteiger partial charge on any atom is 0.454 e. The summed E-state index contributed by atoms with van der Waals surface area (Å²) in [5.74, 6) is -3.22. The Kier molecular flexibility index (Phi) is 8.21. The van der Waals surface area contributed by atoms with Crippen molar-refractivity contribution in [2.45, 2.75) is 46.0 Å². The van der Waals surface area contributed by atoms with Crippen molar-refractivity contribution in [1.29, 1.82) is 0 Å². The topological polar surface area (TPSA) is 75.7 Å². The summed E-state index contributed by atoms with van der Waals surface area (Å²) in [6.45, 7) is 6.90. The van der Waals surface area contributed by atoms with Crippen LogP contribution in [0.15, 0.2) is 36.5 Å². The van der Waals surface area contributed by atoms with Crippen LogP contribution in [0.2, 0.25) is 0 Å². The second kappa shape index (κ2) is 9.91. The highest BCUT2D eigenvalue weighted by atomic mass is 19.4. The molecule has 0 aromatic heterocycles. The normalized spacial score (nSPS) is 11.8. The van der Waals surface area contributed by atoms with Crippen LogP contribution in [0.5, 0.6) is 0 Å². The zero-order chi connectivity index (χ0) is 21.5. The fourth-order valence-corrected chi connectivity index (χ4v) is 2.54. The molecule has 0 aliphatic carbocycles. The number of alkyl halides is 3. The fraction of sp³-hybridized carbons (Fsp3) is 0.421. The Balaban J connectivity index is 2.81. The fourth-order valence-electron chi connectivity index (χ4n) is 2.54. The summed E-state index contributed by atoms with van der Waals surface area (Å²) in [6.07, 6.45) is -3.88. The number of ether oxygens (including phenoxy) is 1. The summed E-state index contributed by atoms with van der Waals surface area (Å²) in [6, 6.07) is 5.74. The van der Waals surface area contributed by atoms with Crippen molar-refractivity contribution in [3.63, 3.8) is 0 Å². The van der Waals surface area contributed by atoms with E-state index in [0.717, 1.165) is 6.20 Å². The molecule has 1 amide bonds. The van der Waals surface area contributed by atoms with Gasteiger partial charge in [0.2, 0.25) is 0 Å². The molecule has 0 atom stereocenters. The zero-order valence-electron chi connectivity index (χ0n) is 16.0. The Hall–Kier alpha value is -2.84. The van der Waals surface area contributed by atoms with E-state index in [1.165, 1.54) is 18.2 Å². The minimum absolute atomic E-state index is 0.0139.